The van der Waals surface area contributed by atoms with Crippen LogP contribution >= 0.6 is 23.4 Å². The van der Waals surface area contributed by atoms with Gasteiger partial charge in [0.25, 0.3) is 0 Å². The van der Waals surface area contributed by atoms with Crippen LogP contribution in [0, 0.1) is 0 Å². The molecule has 2 amide bonds. The number of halogens is 1. The van der Waals surface area contributed by atoms with Crippen LogP contribution in [-0.2, 0) is 0 Å². The summed E-state index contributed by atoms with van der Waals surface area (Å²) in [6, 6.07) is 4.07. The molecule has 1 aliphatic rings. The topological polar surface area (TPSA) is 69.6 Å². The Morgan fingerprint density at radius 3 is 2.80 bits per heavy atom. The van der Waals surface area contributed by atoms with E-state index in [9.17, 15) is 9.59 Å². The molecule has 108 valence electrons. The molecule has 0 aromatic heterocycles. The summed E-state index contributed by atoms with van der Waals surface area (Å²) in [5.41, 5.74) is 0.455. The number of carbonyl (C=O) groups excluding carboxylic acids is 1. The van der Waals surface area contributed by atoms with Crippen molar-refractivity contribution in [2.45, 2.75) is 6.42 Å². The van der Waals surface area contributed by atoms with Gasteiger partial charge in [-0.3, -0.25) is 0 Å². The number of hydrogen-bond donors (Lipinski definition) is 2. The molecule has 1 aliphatic heterocycles. The van der Waals surface area contributed by atoms with Gasteiger partial charge in [0, 0.05) is 29.6 Å². The van der Waals surface area contributed by atoms with Crippen molar-refractivity contribution in [1.29, 1.82) is 0 Å². The highest BCUT2D eigenvalue weighted by Gasteiger charge is 2.16. The second-order valence-corrected chi connectivity index (χ2v) is 6.08. The van der Waals surface area contributed by atoms with E-state index in [2.05, 4.69) is 5.32 Å². The predicted octanol–water partition coefficient (Wildman–Crippen LogP) is 3.01. The Balaban J connectivity index is 2.08. The normalized spacial score (nSPS) is 15.6. The van der Waals surface area contributed by atoms with Gasteiger partial charge in [-0.05, 0) is 30.4 Å². The lowest BCUT2D eigenvalue weighted by Gasteiger charge is -2.20. The van der Waals surface area contributed by atoms with Gasteiger partial charge < -0.3 is 15.3 Å². The zero-order valence-electron chi connectivity index (χ0n) is 10.8. The van der Waals surface area contributed by atoms with Gasteiger partial charge in [-0.15, -0.1) is 0 Å². The van der Waals surface area contributed by atoms with E-state index in [0.29, 0.717) is 18.8 Å². The summed E-state index contributed by atoms with van der Waals surface area (Å²) >= 11 is 7.69. The highest BCUT2D eigenvalue weighted by atomic mass is 35.5. The second kappa shape index (κ2) is 6.85. The number of aromatic carboxylic acids is 1. The van der Waals surface area contributed by atoms with Gasteiger partial charge >= 0.3 is 12.0 Å². The summed E-state index contributed by atoms with van der Waals surface area (Å²) in [5, 5.41) is 12.0. The van der Waals surface area contributed by atoms with E-state index in [1.54, 1.807) is 11.0 Å². The molecule has 1 heterocycles. The van der Waals surface area contributed by atoms with Crippen LogP contribution in [0.3, 0.4) is 0 Å². The van der Waals surface area contributed by atoms with Crippen LogP contribution in [0.5, 0.6) is 0 Å². The van der Waals surface area contributed by atoms with E-state index in [0.717, 1.165) is 17.9 Å². The fourth-order valence-corrected chi connectivity index (χ4v) is 3.06. The van der Waals surface area contributed by atoms with E-state index in [4.69, 9.17) is 16.7 Å². The maximum Gasteiger partial charge on any atom is 0.335 e. The Morgan fingerprint density at radius 2 is 2.05 bits per heavy atom. The molecule has 20 heavy (non-hydrogen) atoms. The van der Waals surface area contributed by atoms with E-state index in [1.807, 2.05) is 11.8 Å². The molecule has 0 saturated carbocycles. The maximum absolute atomic E-state index is 12.1. The average molecular weight is 315 g/mol. The van der Waals surface area contributed by atoms with Crippen LogP contribution in [0.1, 0.15) is 16.8 Å². The Bertz CT molecular complexity index is 516. The minimum atomic E-state index is -1.07. The number of carbonyl (C=O) groups is 2. The second-order valence-electron chi connectivity index (χ2n) is 4.42. The summed E-state index contributed by atoms with van der Waals surface area (Å²) in [5.74, 6) is 0.905. The first-order valence-electron chi connectivity index (χ1n) is 6.24. The summed E-state index contributed by atoms with van der Waals surface area (Å²) in [4.78, 5) is 24.8. The molecule has 1 fully saturated rings. The molecule has 0 bridgehead atoms. The number of anilines is 1. The number of carboxylic acids is 1. The van der Waals surface area contributed by atoms with Crippen molar-refractivity contribution >= 4 is 41.1 Å². The van der Waals surface area contributed by atoms with E-state index in [1.165, 1.54) is 12.1 Å². The third kappa shape index (κ3) is 4.05. The fraction of sp³-hybridized carbons (Fsp3) is 0.385. The van der Waals surface area contributed by atoms with Crippen LogP contribution in [0.4, 0.5) is 10.5 Å². The van der Waals surface area contributed by atoms with Gasteiger partial charge in [0.15, 0.2) is 0 Å². The largest absolute Gasteiger partial charge is 0.478 e. The van der Waals surface area contributed by atoms with Crippen molar-refractivity contribution < 1.29 is 14.7 Å². The number of thioether (sulfide) groups is 1. The summed E-state index contributed by atoms with van der Waals surface area (Å²) in [7, 11) is 0. The lowest BCUT2D eigenvalue weighted by atomic mass is 10.2. The highest BCUT2D eigenvalue weighted by Crippen LogP contribution is 2.20. The summed E-state index contributed by atoms with van der Waals surface area (Å²) in [6.45, 7) is 1.41. The first-order chi connectivity index (χ1) is 9.56. The van der Waals surface area contributed by atoms with Crippen molar-refractivity contribution in [3.05, 3.63) is 28.8 Å². The molecule has 0 unspecified atom stereocenters. The summed E-state index contributed by atoms with van der Waals surface area (Å²) in [6.07, 6.45) is 0.966. The van der Waals surface area contributed by atoms with Gasteiger partial charge in [0.05, 0.1) is 5.56 Å². The average Bonchev–Trinajstić information content (AvgIpc) is 2.66. The monoisotopic (exact) mass is 314 g/mol. The zero-order valence-corrected chi connectivity index (χ0v) is 12.3. The zero-order chi connectivity index (χ0) is 14.5. The quantitative estimate of drug-likeness (QED) is 0.880. The van der Waals surface area contributed by atoms with E-state index < -0.39 is 5.97 Å². The number of benzene rings is 1. The number of rotatable bonds is 2. The van der Waals surface area contributed by atoms with E-state index in [-0.39, 0.29) is 16.6 Å². The molecular weight excluding hydrogens is 300 g/mol. The summed E-state index contributed by atoms with van der Waals surface area (Å²) < 4.78 is 0. The molecule has 7 heteroatoms. The first kappa shape index (κ1) is 15.0. The molecule has 0 spiro atoms. The number of nitrogens with zero attached hydrogens (tertiary/aromatic N) is 1. The van der Waals surface area contributed by atoms with Crippen LogP contribution in [-0.4, -0.2) is 46.6 Å². The number of amides is 2. The Labute approximate surface area is 126 Å². The number of carboxylic acid groups (broad SMARTS) is 1. The van der Waals surface area contributed by atoms with E-state index >= 15 is 0 Å². The number of hydrogen-bond acceptors (Lipinski definition) is 3. The lowest BCUT2D eigenvalue weighted by Crippen LogP contribution is -2.36. The molecule has 2 rings (SSSR count). The van der Waals surface area contributed by atoms with Crippen molar-refractivity contribution in [1.82, 2.24) is 4.90 Å². The van der Waals surface area contributed by atoms with Gasteiger partial charge in [-0.1, -0.05) is 11.6 Å². The number of urea groups is 1. The Hall–Kier alpha value is -1.40. The maximum atomic E-state index is 12.1. The molecular formula is C13H15ClN2O3S. The molecule has 5 nitrogen and oxygen atoms in total. The molecule has 1 saturated heterocycles. The van der Waals surface area contributed by atoms with Gasteiger partial charge in [0.1, 0.15) is 0 Å². The van der Waals surface area contributed by atoms with Crippen molar-refractivity contribution in [2.24, 2.45) is 0 Å². The lowest BCUT2D eigenvalue weighted by molar-refractivity contribution is 0.0697. The third-order valence-corrected chi connectivity index (χ3v) is 4.17. The van der Waals surface area contributed by atoms with Crippen molar-refractivity contribution in [2.75, 3.05) is 29.9 Å². The Kier molecular flexibility index (Phi) is 5.14. The van der Waals surface area contributed by atoms with Gasteiger partial charge in [0.2, 0.25) is 0 Å². The minimum Gasteiger partial charge on any atom is -0.478 e. The van der Waals surface area contributed by atoms with Crippen LogP contribution in [0.2, 0.25) is 5.02 Å². The molecule has 1 aromatic rings. The first-order valence-corrected chi connectivity index (χ1v) is 7.77. The molecule has 0 radical (unpaired) electrons. The fourth-order valence-electron chi connectivity index (χ4n) is 1.94. The van der Waals surface area contributed by atoms with Crippen molar-refractivity contribution in [3.63, 3.8) is 0 Å². The smallest absolute Gasteiger partial charge is 0.335 e. The third-order valence-electron chi connectivity index (χ3n) is 2.91. The molecule has 0 atom stereocenters. The standard InChI is InChI=1S/C13H15ClN2O3S/c14-10-6-9(12(17)18)7-11(8-10)15-13(19)16-2-1-4-20-5-3-16/h6-8H,1-5H2,(H,15,19)(H,17,18). The van der Waals surface area contributed by atoms with Crippen LogP contribution < -0.4 is 5.32 Å². The Morgan fingerprint density at radius 1 is 1.25 bits per heavy atom. The minimum absolute atomic E-state index is 0.0548. The molecule has 2 N–H and O–H groups in total. The van der Waals surface area contributed by atoms with Gasteiger partial charge in [-0.25, -0.2) is 9.59 Å². The van der Waals surface area contributed by atoms with Gasteiger partial charge in [-0.2, -0.15) is 11.8 Å². The van der Waals surface area contributed by atoms with Crippen LogP contribution in [0.15, 0.2) is 18.2 Å². The van der Waals surface area contributed by atoms with Crippen LogP contribution in [0.25, 0.3) is 0 Å². The number of nitrogens with one attached hydrogen (secondary N) is 1. The highest BCUT2D eigenvalue weighted by molar-refractivity contribution is 7.99. The molecule has 0 aliphatic carbocycles. The predicted molar refractivity (Wildman–Crippen MR) is 80.9 cm³/mol. The molecule has 1 aromatic carbocycles. The SMILES string of the molecule is O=C(O)c1cc(Cl)cc(NC(=O)N2CCCSCC2)c1. The van der Waals surface area contributed by atoms with Crippen molar-refractivity contribution in [3.8, 4) is 0 Å².